The number of carbonyl (C=O) groups excluding carboxylic acids is 1. The average Bonchev–Trinajstić information content (AvgIpc) is 2.59. The van der Waals surface area contributed by atoms with Gasteiger partial charge in [0.2, 0.25) is 0 Å². The zero-order valence-corrected chi connectivity index (χ0v) is 15.7. The third kappa shape index (κ3) is 4.44. The first kappa shape index (κ1) is 19.5. The van der Waals surface area contributed by atoms with Gasteiger partial charge in [0, 0.05) is 25.2 Å². The fraction of sp³-hybridized carbons (Fsp3) is 0.632. The molecule has 2 rings (SSSR count). The molecule has 1 atom stereocenters. The number of ether oxygens (including phenoxy) is 2. The Morgan fingerprint density at radius 1 is 1.32 bits per heavy atom. The Labute approximate surface area is 150 Å². The Balaban J connectivity index is 2.16. The quantitative estimate of drug-likeness (QED) is 0.776. The van der Waals surface area contributed by atoms with Crippen LogP contribution in [0.3, 0.4) is 0 Å². The van der Waals surface area contributed by atoms with E-state index in [4.69, 9.17) is 9.47 Å². The first-order valence-corrected chi connectivity index (χ1v) is 8.85. The van der Waals surface area contributed by atoms with Gasteiger partial charge < -0.3 is 24.4 Å². The van der Waals surface area contributed by atoms with Crippen molar-refractivity contribution in [3.63, 3.8) is 0 Å². The van der Waals surface area contributed by atoms with Crippen molar-refractivity contribution in [3.8, 4) is 11.5 Å². The number of likely N-dealkylation sites (N-methyl/N-ethyl adjacent to an activating group) is 1. The van der Waals surface area contributed by atoms with Gasteiger partial charge >= 0.3 is 0 Å². The van der Waals surface area contributed by atoms with Gasteiger partial charge in [0.05, 0.1) is 14.2 Å². The number of hydrogen-bond donors (Lipinski definition) is 1. The van der Waals surface area contributed by atoms with Crippen LogP contribution in [0.5, 0.6) is 11.5 Å². The number of piperidine rings is 1. The highest BCUT2D eigenvalue weighted by Gasteiger charge is 2.42. The molecule has 6 heteroatoms. The summed E-state index contributed by atoms with van der Waals surface area (Å²) in [6, 6.07) is 5.63. The van der Waals surface area contributed by atoms with Crippen LogP contribution in [0, 0.1) is 0 Å². The number of nitrogens with zero attached hydrogens (tertiary/aromatic N) is 2. The molecule has 0 radical (unpaired) electrons. The molecule has 1 aromatic rings. The standard InChI is InChI=1S/C19H30N2O4/c1-5-11-20(2)14-19(23)10-7-12-21(18(19)22)13-15-8-6-9-16(24-3)17(15)25-4/h6,8-9,23H,5,7,10-14H2,1-4H3. The number of rotatable bonds is 8. The van der Waals surface area contributed by atoms with Gasteiger partial charge in [-0.15, -0.1) is 0 Å². The first-order valence-electron chi connectivity index (χ1n) is 8.85. The van der Waals surface area contributed by atoms with Gasteiger partial charge in [0.15, 0.2) is 17.1 Å². The van der Waals surface area contributed by atoms with Crippen molar-refractivity contribution in [2.75, 3.05) is 40.9 Å². The lowest BCUT2D eigenvalue weighted by Gasteiger charge is -2.40. The van der Waals surface area contributed by atoms with Gasteiger partial charge in [-0.05, 0) is 38.9 Å². The van der Waals surface area contributed by atoms with Gasteiger partial charge in [-0.1, -0.05) is 19.1 Å². The van der Waals surface area contributed by atoms with Gasteiger partial charge in [-0.25, -0.2) is 0 Å². The summed E-state index contributed by atoms with van der Waals surface area (Å²) in [6.45, 7) is 4.35. The number of benzene rings is 1. The van der Waals surface area contributed by atoms with Crippen molar-refractivity contribution in [2.24, 2.45) is 0 Å². The topological polar surface area (TPSA) is 62.2 Å². The molecular formula is C19H30N2O4. The van der Waals surface area contributed by atoms with E-state index in [9.17, 15) is 9.90 Å². The Hall–Kier alpha value is -1.79. The molecular weight excluding hydrogens is 320 g/mol. The molecule has 0 bridgehead atoms. The number of carbonyl (C=O) groups is 1. The second kappa shape index (κ2) is 8.54. The summed E-state index contributed by atoms with van der Waals surface area (Å²) in [6.07, 6.45) is 2.28. The predicted molar refractivity (Wildman–Crippen MR) is 96.9 cm³/mol. The van der Waals surface area contributed by atoms with Crippen LogP contribution in [0.2, 0.25) is 0 Å². The highest BCUT2D eigenvalue weighted by Crippen LogP contribution is 2.33. The summed E-state index contributed by atoms with van der Waals surface area (Å²) >= 11 is 0. The van der Waals surface area contributed by atoms with Crippen LogP contribution in [-0.2, 0) is 11.3 Å². The van der Waals surface area contributed by atoms with Crippen LogP contribution in [0.1, 0.15) is 31.7 Å². The minimum atomic E-state index is -1.31. The summed E-state index contributed by atoms with van der Waals surface area (Å²) in [4.78, 5) is 16.7. The molecule has 1 aliphatic heterocycles. The molecule has 1 aromatic carbocycles. The van der Waals surface area contributed by atoms with Crippen LogP contribution in [-0.4, -0.2) is 67.3 Å². The third-order valence-electron chi connectivity index (χ3n) is 4.69. The van der Waals surface area contributed by atoms with Crippen molar-refractivity contribution in [3.05, 3.63) is 23.8 Å². The molecule has 0 aromatic heterocycles. The summed E-state index contributed by atoms with van der Waals surface area (Å²) < 4.78 is 10.8. The van der Waals surface area contributed by atoms with Crippen LogP contribution in [0.15, 0.2) is 18.2 Å². The molecule has 0 spiro atoms. The second-order valence-electron chi connectivity index (χ2n) is 6.75. The monoisotopic (exact) mass is 350 g/mol. The number of amides is 1. The average molecular weight is 350 g/mol. The number of aliphatic hydroxyl groups is 1. The summed E-state index contributed by atoms with van der Waals surface area (Å²) in [5, 5.41) is 10.9. The van der Waals surface area contributed by atoms with Gasteiger partial charge in [-0.3, -0.25) is 4.79 Å². The maximum atomic E-state index is 12.9. The van der Waals surface area contributed by atoms with Crippen LogP contribution in [0.4, 0.5) is 0 Å². The first-order chi connectivity index (χ1) is 11.9. The molecule has 1 aliphatic rings. The molecule has 0 saturated carbocycles. The Morgan fingerprint density at radius 2 is 2.08 bits per heavy atom. The highest BCUT2D eigenvalue weighted by atomic mass is 16.5. The lowest BCUT2D eigenvalue weighted by atomic mass is 9.90. The molecule has 1 fully saturated rings. The summed E-state index contributed by atoms with van der Waals surface area (Å²) in [5.74, 6) is 1.07. The molecule has 1 heterocycles. The van der Waals surface area contributed by atoms with E-state index >= 15 is 0 Å². The number of methoxy groups -OCH3 is 2. The normalized spacial score (nSPS) is 20.9. The molecule has 1 saturated heterocycles. The predicted octanol–water partition coefficient (Wildman–Crippen LogP) is 1.90. The van der Waals surface area contributed by atoms with E-state index in [1.165, 1.54) is 0 Å². The molecule has 0 aliphatic carbocycles. The largest absolute Gasteiger partial charge is 0.493 e. The fourth-order valence-electron chi connectivity index (χ4n) is 3.55. The minimum Gasteiger partial charge on any atom is -0.493 e. The molecule has 6 nitrogen and oxygen atoms in total. The van der Waals surface area contributed by atoms with Gasteiger partial charge in [0.25, 0.3) is 5.91 Å². The van der Waals surface area contributed by atoms with Gasteiger partial charge in [-0.2, -0.15) is 0 Å². The minimum absolute atomic E-state index is 0.202. The van der Waals surface area contributed by atoms with E-state index in [1.54, 1.807) is 19.1 Å². The van der Waals surface area contributed by atoms with Crippen LogP contribution < -0.4 is 9.47 Å². The Morgan fingerprint density at radius 3 is 2.72 bits per heavy atom. The van der Waals surface area contributed by atoms with E-state index in [0.29, 0.717) is 37.6 Å². The molecule has 140 valence electrons. The van der Waals surface area contributed by atoms with Crippen molar-refractivity contribution in [1.82, 2.24) is 9.80 Å². The molecule has 1 N–H and O–H groups in total. The number of likely N-dealkylation sites (tertiary alicyclic amines) is 1. The van der Waals surface area contributed by atoms with E-state index in [1.807, 2.05) is 30.1 Å². The Bertz CT molecular complexity index is 593. The lowest BCUT2D eigenvalue weighted by molar-refractivity contribution is -0.159. The maximum Gasteiger partial charge on any atom is 0.256 e. The number of hydrogen-bond acceptors (Lipinski definition) is 5. The smallest absolute Gasteiger partial charge is 0.256 e. The van der Waals surface area contributed by atoms with Gasteiger partial charge in [0.1, 0.15) is 0 Å². The highest BCUT2D eigenvalue weighted by molar-refractivity contribution is 5.86. The SMILES string of the molecule is CCCN(C)CC1(O)CCCN(Cc2cccc(OC)c2OC)C1=O. The molecule has 25 heavy (non-hydrogen) atoms. The van der Waals surface area contributed by atoms with Crippen molar-refractivity contribution >= 4 is 5.91 Å². The van der Waals surface area contributed by atoms with Crippen LogP contribution in [0.25, 0.3) is 0 Å². The summed E-state index contributed by atoms with van der Waals surface area (Å²) in [5.41, 5.74) is -0.435. The number of para-hydroxylation sites is 1. The van der Waals surface area contributed by atoms with E-state index in [-0.39, 0.29) is 5.91 Å². The van der Waals surface area contributed by atoms with Crippen LogP contribution >= 0.6 is 0 Å². The molecule has 1 amide bonds. The van der Waals surface area contributed by atoms with E-state index in [0.717, 1.165) is 24.9 Å². The summed E-state index contributed by atoms with van der Waals surface area (Å²) in [7, 11) is 5.13. The lowest BCUT2D eigenvalue weighted by Crippen LogP contribution is -2.57. The van der Waals surface area contributed by atoms with Crippen molar-refractivity contribution in [2.45, 2.75) is 38.3 Å². The third-order valence-corrected chi connectivity index (χ3v) is 4.69. The Kier molecular flexibility index (Phi) is 6.67. The maximum absolute atomic E-state index is 12.9. The molecule has 1 unspecified atom stereocenters. The van der Waals surface area contributed by atoms with Crippen molar-refractivity contribution < 1.29 is 19.4 Å². The zero-order valence-electron chi connectivity index (χ0n) is 15.7. The zero-order chi connectivity index (χ0) is 18.4. The van der Waals surface area contributed by atoms with E-state index < -0.39 is 5.60 Å². The fourth-order valence-corrected chi connectivity index (χ4v) is 3.55. The van der Waals surface area contributed by atoms with Crippen molar-refractivity contribution in [1.29, 1.82) is 0 Å². The van der Waals surface area contributed by atoms with E-state index in [2.05, 4.69) is 6.92 Å². The second-order valence-corrected chi connectivity index (χ2v) is 6.75.